The molecule has 7 nitrogen and oxygen atoms in total. The van der Waals surface area contributed by atoms with Crippen LogP contribution in [-0.4, -0.2) is 75.1 Å². The van der Waals surface area contributed by atoms with Crippen molar-refractivity contribution in [3.63, 3.8) is 0 Å². The van der Waals surface area contributed by atoms with Gasteiger partial charge in [-0.3, -0.25) is 9.28 Å². The van der Waals surface area contributed by atoms with E-state index in [1.165, 1.54) is 29.1 Å². The van der Waals surface area contributed by atoms with Gasteiger partial charge in [0.05, 0.1) is 36.9 Å². The number of halogens is 1. The smallest absolute Gasteiger partial charge is 0.431 e. The number of carbonyl (C=O) groups is 2. The van der Waals surface area contributed by atoms with Gasteiger partial charge in [-0.25, -0.2) is 9.18 Å². The number of likely N-dealkylation sites (tertiary alicyclic amines) is 1. The monoisotopic (exact) mass is 538 g/mol. The fraction of sp³-hybridized carbons (Fsp3) is 0.548. The quantitative estimate of drug-likeness (QED) is 0.219. The lowest BCUT2D eigenvalue weighted by molar-refractivity contribution is -0.949. The molecule has 2 aromatic rings. The second-order valence-electron chi connectivity index (χ2n) is 11.4. The minimum atomic E-state index is -0.610. The summed E-state index contributed by atoms with van der Waals surface area (Å²) in [5.41, 5.74) is 4.57. The Hall–Kier alpha value is -3.13. The maximum atomic E-state index is 13.3. The van der Waals surface area contributed by atoms with Crippen LogP contribution in [0.4, 0.5) is 20.6 Å². The van der Waals surface area contributed by atoms with Crippen molar-refractivity contribution in [3.05, 3.63) is 59.4 Å². The number of anilines is 2. The van der Waals surface area contributed by atoms with Crippen LogP contribution in [0.5, 0.6) is 0 Å². The third-order valence-electron chi connectivity index (χ3n) is 9.00. The standard InChI is InChI=1S/C31H41FN3O4/c1-4-24(5-2)39-31(37)38-21-35(18-7-10-29(36)22-11-13-23(32)14-12-22)19-15-27-26(20-35)25-8-6-9-28-30(25)34(27)17-16-33(28)3/h6,8-9,11-14,24,26-27H,4-5,7,10,15-21H2,1-3H3/q+1/t26-,27-,35?/m0/s1. The molecular weight excluding hydrogens is 497 g/mol. The van der Waals surface area contributed by atoms with Crippen LogP contribution >= 0.6 is 0 Å². The molecule has 210 valence electrons. The summed E-state index contributed by atoms with van der Waals surface area (Å²) in [5, 5.41) is 0. The number of likely N-dealkylation sites (N-methyl/N-ethyl adjacent to an activating group) is 1. The Morgan fingerprint density at radius 3 is 2.62 bits per heavy atom. The van der Waals surface area contributed by atoms with Crippen LogP contribution in [0.1, 0.15) is 67.8 Å². The lowest BCUT2D eigenvalue weighted by atomic mass is 9.87. The van der Waals surface area contributed by atoms with Crippen molar-refractivity contribution in [3.8, 4) is 0 Å². The van der Waals surface area contributed by atoms with E-state index >= 15 is 0 Å². The van der Waals surface area contributed by atoms with Crippen molar-refractivity contribution >= 4 is 23.3 Å². The summed E-state index contributed by atoms with van der Waals surface area (Å²) in [5.74, 6) is 0.000237. The molecule has 1 unspecified atom stereocenters. The number of quaternary nitrogens is 1. The van der Waals surface area contributed by atoms with Gasteiger partial charge in [-0.1, -0.05) is 26.0 Å². The van der Waals surface area contributed by atoms with Gasteiger partial charge < -0.3 is 19.3 Å². The first-order valence-electron chi connectivity index (χ1n) is 14.4. The van der Waals surface area contributed by atoms with Crippen LogP contribution in [0, 0.1) is 5.82 Å². The average molecular weight is 539 g/mol. The molecular formula is C31H41FN3O4+. The Kier molecular flexibility index (Phi) is 8.12. The molecule has 0 radical (unpaired) electrons. The zero-order chi connectivity index (χ0) is 27.6. The second-order valence-corrected chi connectivity index (χ2v) is 11.4. The Morgan fingerprint density at radius 1 is 1.10 bits per heavy atom. The predicted octanol–water partition coefficient (Wildman–Crippen LogP) is 5.73. The van der Waals surface area contributed by atoms with E-state index in [1.807, 2.05) is 13.8 Å². The number of fused-ring (bicyclic) bond motifs is 3. The highest BCUT2D eigenvalue weighted by Crippen LogP contribution is 2.51. The molecule has 0 aromatic heterocycles. The molecule has 8 heteroatoms. The first-order valence-corrected chi connectivity index (χ1v) is 14.4. The number of hydrogen-bond acceptors (Lipinski definition) is 6. The molecule has 0 aliphatic carbocycles. The number of ether oxygens (including phenoxy) is 2. The lowest BCUT2D eigenvalue weighted by Crippen LogP contribution is -2.60. The average Bonchev–Trinajstić information content (AvgIpc) is 3.26. The second kappa shape index (κ2) is 11.5. The maximum Gasteiger partial charge on any atom is 0.512 e. The van der Waals surface area contributed by atoms with Crippen molar-refractivity contribution in [2.75, 3.05) is 56.3 Å². The number of benzene rings is 2. The van der Waals surface area contributed by atoms with Crippen molar-refractivity contribution in [1.82, 2.24) is 0 Å². The molecule has 1 fully saturated rings. The van der Waals surface area contributed by atoms with Crippen molar-refractivity contribution in [2.24, 2.45) is 0 Å². The summed E-state index contributed by atoms with van der Waals surface area (Å²) in [6.07, 6.45) is 2.79. The van der Waals surface area contributed by atoms with E-state index < -0.39 is 6.16 Å². The number of Topliss-reactive ketones (excluding diaryl/α,β-unsaturated/α-hetero) is 1. The number of hydrogen-bond donors (Lipinski definition) is 0. The molecule has 0 saturated carbocycles. The number of para-hydroxylation sites is 1. The van der Waals surface area contributed by atoms with Crippen LogP contribution in [0.25, 0.3) is 0 Å². The molecule has 3 atom stereocenters. The van der Waals surface area contributed by atoms with Gasteiger partial charge in [0.2, 0.25) is 6.73 Å². The predicted molar refractivity (Wildman–Crippen MR) is 150 cm³/mol. The van der Waals surface area contributed by atoms with Crippen LogP contribution in [-0.2, 0) is 9.47 Å². The first-order chi connectivity index (χ1) is 18.8. The third kappa shape index (κ3) is 5.62. The minimum absolute atomic E-state index is 0.00746. The van der Waals surface area contributed by atoms with Crippen molar-refractivity contribution in [2.45, 2.75) is 64.0 Å². The number of nitrogens with zero attached hydrogens (tertiary/aromatic N) is 3. The van der Waals surface area contributed by atoms with Crippen LogP contribution in [0.2, 0.25) is 0 Å². The number of ketones is 1. The van der Waals surface area contributed by atoms with Gasteiger partial charge in [0.25, 0.3) is 0 Å². The van der Waals surface area contributed by atoms with E-state index in [0.29, 0.717) is 34.8 Å². The normalized spacial score (nSPS) is 23.4. The lowest BCUT2D eigenvalue weighted by Gasteiger charge is -2.47. The zero-order valence-corrected chi connectivity index (χ0v) is 23.4. The molecule has 0 bridgehead atoms. The van der Waals surface area contributed by atoms with Gasteiger partial charge in [0.1, 0.15) is 11.9 Å². The largest absolute Gasteiger partial charge is 0.512 e. The van der Waals surface area contributed by atoms with Crippen molar-refractivity contribution < 1.29 is 27.9 Å². The van der Waals surface area contributed by atoms with Crippen LogP contribution < -0.4 is 9.80 Å². The fourth-order valence-electron chi connectivity index (χ4n) is 6.76. The highest BCUT2D eigenvalue weighted by Gasteiger charge is 2.50. The summed E-state index contributed by atoms with van der Waals surface area (Å²) in [7, 11) is 2.16. The maximum absolute atomic E-state index is 13.3. The molecule has 3 aliphatic heterocycles. The van der Waals surface area contributed by atoms with Gasteiger partial charge in [0, 0.05) is 51.0 Å². The fourth-order valence-corrected chi connectivity index (χ4v) is 6.76. The summed E-state index contributed by atoms with van der Waals surface area (Å²) in [6.45, 7) is 8.72. The summed E-state index contributed by atoms with van der Waals surface area (Å²) >= 11 is 0. The summed E-state index contributed by atoms with van der Waals surface area (Å²) < 4.78 is 25.2. The van der Waals surface area contributed by atoms with Gasteiger partial charge >= 0.3 is 6.16 Å². The van der Waals surface area contributed by atoms with Crippen LogP contribution in [0.3, 0.4) is 0 Å². The first kappa shape index (κ1) is 27.4. The molecule has 39 heavy (non-hydrogen) atoms. The van der Waals surface area contributed by atoms with E-state index in [9.17, 15) is 14.0 Å². The van der Waals surface area contributed by atoms with E-state index in [2.05, 4.69) is 35.0 Å². The summed E-state index contributed by atoms with van der Waals surface area (Å²) in [6, 6.07) is 12.8. The highest BCUT2D eigenvalue weighted by molar-refractivity contribution is 5.95. The Labute approximate surface area is 231 Å². The Bertz CT molecular complexity index is 1180. The third-order valence-corrected chi connectivity index (χ3v) is 9.00. The van der Waals surface area contributed by atoms with E-state index in [0.717, 1.165) is 52.0 Å². The van der Waals surface area contributed by atoms with E-state index in [-0.39, 0.29) is 24.4 Å². The number of rotatable bonds is 10. The van der Waals surface area contributed by atoms with Gasteiger partial charge in [-0.2, -0.15) is 0 Å². The zero-order valence-electron chi connectivity index (χ0n) is 23.4. The molecule has 1 saturated heterocycles. The molecule has 3 aliphatic rings. The summed E-state index contributed by atoms with van der Waals surface area (Å²) in [4.78, 5) is 30.4. The molecule has 0 amide bonds. The van der Waals surface area contributed by atoms with Gasteiger partial charge in [-0.05, 0) is 48.7 Å². The van der Waals surface area contributed by atoms with Crippen molar-refractivity contribution in [1.29, 1.82) is 0 Å². The SMILES string of the molecule is CCC(CC)OC(=O)OC[N+]1(CCCC(=O)c2ccc(F)cc2)CC[C@H]2[C@@H](C1)c1cccc3c1N2CCN3C. The van der Waals surface area contributed by atoms with E-state index in [1.54, 1.807) is 12.1 Å². The highest BCUT2D eigenvalue weighted by atomic mass is 19.1. The molecule has 0 spiro atoms. The number of piperidine rings is 1. The minimum Gasteiger partial charge on any atom is -0.431 e. The molecule has 2 aromatic carbocycles. The Morgan fingerprint density at radius 2 is 1.87 bits per heavy atom. The van der Waals surface area contributed by atoms with E-state index in [4.69, 9.17) is 9.47 Å². The molecule has 0 N–H and O–H groups in total. The molecule has 5 rings (SSSR count). The van der Waals surface area contributed by atoms with Gasteiger partial charge in [-0.15, -0.1) is 0 Å². The topological polar surface area (TPSA) is 59.1 Å². The van der Waals surface area contributed by atoms with Crippen LogP contribution in [0.15, 0.2) is 42.5 Å². The Balaban J connectivity index is 1.33. The number of carbonyl (C=O) groups excluding carboxylic acids is 2. The van der Waals surface area contributed by atoms with Gasteiger partial charge in [0.15, 0.2) is 5.78 Å². The molecule has 3 heterocycles.